The maximum atomic E-state index is 11.1. The first kappa shape index (κ1) is 23.2. The van der Waals surface area contributed by atoms with Gasteiger partial charge in [0, 0.05) is 0 Å². The van der Waals surface area contributed by atoms with Gasteiger partial charge in [0.05, 0.1) is 6.42 Å². The zero-order valence-electron chi connectivity index (χ0n) is 17.5. The molecule has 0 aromatic carbocycles. The third-order valence-electron chi connectivity index (χ3n) is 6.10. The van der Waals surface area contributed by atoms with Crippen LogP contribution in [-0.2, 0) is 14.6 Å². The summed E-state index contributed by atoms with van der Waals surface area (Å²) in [6.07, 6.45) is 12.6. The van der Waals surface area contributed by atoms with E-state index in [1.807, 2.05) is 0 Å². The highest BCUT2D eigenvalue weighted by Gasteiger charge is 2.43. The number of carboxylic acids is 1. The minimum absolute atomic E-state index is 0.0230. The first-order chi connectivity index (χ1) is 12.4. The standard InChI is InChI=1S/C22H40O4/c1-6-11-12-17(7-2)13-18(8-3)15-22(10-5)16-19(9-4)20(25-26-22)14-21(23)24/h11-12,17-20H,6-10,13-16H2,1-5H3,(H,23,24)/t17-,18-,19-,20-,22-/m0/s1. The molecule has 0 saturated carbocycles. The van der Waals surface area contributed by atoms with E-state index in [0.717, 1.165) is 38.5 Å². The van der Waals surface area contributed by atoms with E-state index in [2.05, 4.69) is 46.8 Å². The largest absolute Gasteiger partial charge is 0.481 e. The first-order valence-electron chi connectivity index (χ1n) is 10.7. The number of hydrogen-bond donors (Lipinski definition) is 1. The van der Waals surface area contributed by atoms with E-state index in [9.17, 15) is 4.79 Å². The molecule has 0 radical (unpaired) electrons. The van der Waals surface area contributed by atoms with Crippen LogP contribution in [0.25, 0.3) is 0 Å². The van der Waals surface area contributed by atoms with Crippen molar-refractivity contribution in [2.45, 2.75) is 104 Å². The van der Waals surface area contributed by atoms with Crippen molar-refractivity contribution >= 4 is 5.97 Å². The van der Waals surface area contributed by atoms with Crippen LogP contribution in [0.1, 0.15) is 92.4 Å². The zero-order valence-corrected chi connectivity index (χ0v) is 17.5. The van der Waals surface area contributed by atoms with Crippen molar-refractivity contribution in [1.29, 1.82) is 0 Å². The van der Waals surface area contributed by atoms with E-state index in [1.54, 1.807) is 0 Å². The van der Waals surface area contributed by atoms with Crippen LogP contribution in [-0.4, -0.2) is 22.8 Å². The van der Waals surface area contributed by atoms with Gasteiger partial charge in [-0.2, -0.15) is 0 Å². The Kier molecular flexibility index (Phi) is 10.5. The Morgan fingerprint density at radius 1 is 1.23 bits per heavy atom. The molecule has 0 aliphatic carbocycles. The zero-order chi connectivity index (χ0) is 19.6. The number of rotatable bonds is 12. The third kappa shape index (κ3) is 7.03. The molecule has 1 fully saturated rings. The van der Waals surface area contributed by atoms with E-state index >= 15 is 0 Å². The van der Waals surface area contributed by atoms with Crippen LogP contribution in [0.4, 0.5) is 0 Å². The summed E-state index contributed by atoms with van der Waals surface area (Å²) < 4.78 is 0. The fourth-order valence-corrected chi connectivity index (χ4v) is 4.19. The highest BCUT2D eigenvalue weighted by atomic mass is 17.2. The van der Waals surface area contributed by atoms with Crippen molar-refractivity contribution in [3.05, 3.63) is 12.2 Å². The molecule has 0 amide bonds. The van der Waals surface area contributed by atoms with Gasteiger partial charge in [0.2, 0.25) is 0 Å². The van der Waals surface area contributed by atoms with Crippen LogP contribution in [0, 0.1) is 17.8 Å². The van der Waals surface area contributed by atoms with E-state index < -0.39 is 5.97 Å². The lowest BCUT2D eigenvalue weighted by atomic mass is 9.75. The van der Waals surface area contributed by atoms with Crippen molar-refractivity contribution in [3.63, 3.8) is 0 Å². The van der Waals surface area contributed by atoms with E-state index in [4.69, 9.17) is 14.9 Å². The second kappa shape index (κ2) is 11.8. The van der Waals surface area contributed by atoms with Crippen molar-refractivity contribution in [2.75, 3.05) is 0 Å². The van der Waals surface area contributed by atoms with Gasteiger partial charge < -0.3 is 5.11 Å². The Morgan fingerprint density at radius 3 is 2.46 bits per heavy atom. The van der Waals surface area contributed by atoms with Crippen molar-refractivity contribution < 1.29 is 19.7 Å². The second-order valence-electron chi connectivity index (χ2n) is 7.94. The van der Waals surface area contributed by atoms with Crippen LogP contribution in [0.3, 0.4) is 0 Å². The Balaban J connectivity index is 2.78. The maximum absolute atomic E-state index is 11.1. The van der Waals surface area contributed by atoms with E-state index in [-0.39, 0.29) is 24.0 Å². The Morgan fingerprint density at radius 2 is 1.96 bits per heavy atom. The summed E-state index contributed by atoms with van der Waals surface area (Å²) >= 11 is 0. The summed E-state index contributed by atoms with van der Waals surface area (Å²) in [7, 11) is 0. The minimum Gasteiger partial charge on any atom is -0.481 e. The van der Waals surface area contributed by atoms with Gasteiger partial charge in [-0.1, -0.05) is 59.6 Å². The summed E-state index contributed by atoms with van der Waals surface area (Å²) in [5, 5.41) is 9.10. The summed E-state index contributed by atoms with van der Waals surface area (Å²) in [6.45, 7) is 11.0. The van der Waals surface area contributed by atoms with E-state index in [1.165, 1.54) is 12.8 Å². The smallest absolute Gasteiger partial charge is 0.306 e. The van der Waals surface area contributed by atoms with E-state index in [0.29, 0.717) is 11.8 Å². The van der Waals surface area contributed by atoms with Crippen LogP contribution in [0.2, 0.25) is 0 Å². The molecular weight excluding hydrogens is 328 g/mol. The van der Waals surface area contributed by atoms with Gasteiger partial charge >= 0.3 is 5.97 Å². The molecular formula is C22H40O4. The molecule has 1 aliphatic rings. The van der Waals surface area contributed by atoms with Crippen molar-refractivity contribution in [3.8, 4) is 0 Å². The molecule has 1 rings (SSSR count). The first-order valence-corrected chi connectivity index (χ1v) is 10.7. The van der Waals surface area contributed by atoms with Gasteiger partial charge in [0.15, 0.2) is 0 Å². The van der Waals surface area contributed by atoms with Gasteiger partial charge in [-0.3, -0.25) is 4.79 Å². The number of carboxylic acid groups (broad SMARTS) is 1. The molecule has 1 N–H and O–H groups in total. The SMILES string of the molecule is CCC=C[C@H](CC)C[C@H](CC)C[C@@]1(CC)C[C@H](CC)[C@H](CC(=O)O)OO1. The molecule has 0 spiro atoms. The van der Waals surface area contributed by atoms with Gasteiger partial charge in [-0.05, 0) is 56.3 Å². The molecule has 0 unspecified atom stereocenters. The second-order valence-corrected chi connectivity index (χ2v) is 7.94. The quantitative estimate of drug-likeness (QED) is 0.331. The number of carbonyl (C=O) groups is 1. The average Bonchev–Trinajstić information content (AvgIpc) is 2.65. The highest BCUT2D eigenvalue weighted by molar-refractivity contribution is 5.67. The third-order valence-corrected chi connectivity index (χ3v) is 6.10. The molecule has 1 saturated heterocycles. The lowest BCUT2D eigenvalue weighted by Crippen LogP contribution is -2.46. The fourth-order valence-electron chi connectivity index (χ4n) is 4.19. The predicted octanol–water partition coefficient (Wildman–Crippen LogP) is 6.16. The number of hydrogen-bond acceptors (Lipinski definition) is 3. The predicted molar refractivity (Wildman–Crippen MR) is 106 cm³/mol. The monoisotopic (exact) mass is 368 g/mol. The molecule has 0 aromatic rings. The molecule has 0 bridgehead atoms. The fraction of sp³-hybridized carbons (Fsp3) is 0.864. The summed E-state index contributed by atoms with van der Waals surface area (Å²) in [4.78, 5) is 22.6. The highest BCUT2D eigenvalue weighted by Crippen LogP contribution is 2.42. The molecule has 4 nitrogen and oxygen atoms in total. The topological polar surface area (TPSA) is 55.8 Å². The van der Waals surface area contributed by atoms with Crippen LogP contribution < -0.4 is 0 Å². The Labute approximate surface area is 160 Å². The van der Waals surface area contributed by atoms with Gasteiger partial charge in [-0.15, -0.1) is 0 Å². The lowest BCUT2D eigenvalue weighted by molar-refractivity contribution is -0.424. The summed E-state index contributed by atoms with van der Waals surface area (Å²) in [5.41, 5.74) is -0.275. The molecule has 1 heterocycles. The van der Waals surface area contributed by atoms with Crippen molar-refractivity contribution in [2.24, 2.45) is 17.8 Å². The molecule has 4 heteroatoms. The summed E-state index contributed by atoms with van der Waals surface area (Å²) in [6, 6.07) is 0. The Bertz CT molecular complexity index is 434. The molecule has 26 heavy (non-hydrogen) atoms. The number of aliphatic carboxylic acids is 1. The Hall–Kier alpha value is -0.870. The van der Waals surface area contributed by atoms with Gasteiger partial charge in [0.1, 0.15) is 11.7 Å². The van der Waals surface area contributed by atoms with Crippen molar-refractivity contribution in [1.82, 2.24) is 0 Å². The number of allylic oxidation sites excluding steroid dienone is 2. The summed E-state index contributed by atoms with van der Waals surface area (Å²) in [5.74, 6) is 0.652. The van der Waals surface area contributed by atoms with Crippen LogP contribution in [0.5, 0.6) is 0 Å². The maximum Gasteiger partial charge on any atom is 0.306 e. The molecule has 5 atom stereocenters. The van der Waals surface area contributed by atoms with Gasteiger partial charge in [-0.25, -0.2) is 9.78 Å². The average molecular weight is 369 g/mol. The molecule has 1 aliphatic heterocycles. The normalized spacial score (nSPS) is 29.0. The van der Waals surface area contributed by atoms with Crippen LogP contribution >= 0.6 is 0 Å². The van der Waals surface area contributed by atoms with Gasteiger partial charge in [0.25, 0.3) is 0 Å². The lowest BCUT2D eigenvalue weighted by Gasteiger charge is -2.44. The van der Waals surface area contributed by atoms with Crippen LogP contribution in [0.15, 0.2) is 12.2 Å². The molecule has 152 valence electrons. The minimum atomic E-state index is -0.819. The molecule has 0 aromatic heterocycles.